The van der Waals surface area contributed by atoms with Crippen LogP contribution in [0.25, 0.3) is 17.0 Å². The zero-order valence-corrected chi connectivity index (χ0v) is 14.3. The molecule has 1 heterocycles. The van der Waals surface area contributed by atoms with Gasteiger partial charge >= 0.3 is 0 Å². The number of rotatable bonds is 5. The predicted molar refractivity (Wildman–Crippen MR) is 98.9 cm³/mol. The van der Waals surface area contributed by atoms with Crippen LogP contribution in [-0.4, -0.2) is 25.1 Å². The Bertz CT molecular complexity index is 986. The Morgan fingerprint density at radius 2 is 1.88 bits per heavy atom. The van der Waals surface area contributed by atoms with E-state index >= 15 is 0 Å². The van der Waals surface area contributed by atoms with Gasteiger partial charge in [-0.3, -0.25) is 9.78 Å². The largest absolute Gasteiger partial charge is 0.493 e. The summed E-state index contributed by atoms with van der Waals surface area (Å²) in [7, 11) is 3.11. The molecule has 0 saturated carbocycles. The van der Waals surface area contributed by atoms with Crippen molar-refractivity contribution in [1.82, 2.24) is 4.98 Å². The molecule has 6 heteroatoms. The second kappa shape index (κ2) is 7.65. The number of carbonyl (C=O) groups excluding carboxylic acids is 1. The Kier molecular flexibility index (Phi) is 5.12. The van der Waals surface area contributed by atoms with Gasteiger partial charge in [0.15, 0.2) is 11.5 Å². The second-order valence-corrected chi connectivity index (χ2v) is 5.46. The van der Waals surface area contributed by atoms with E-state index in [1.54, 1.807) is 50.8 Å². The fourth-order valence-corrected chi connectivity index (χ4v) is 2.53. The minimum absolute atomic E-state index is 0.337. The van der Waals surface area contributed by atoms with Gasteiger partial charge in [0, 0.05) is 17.7 Å². The van der Waals surface area contributed by atoms with Crippen molar-refractivity contribution in [1.29, 1.82) is 0 Å². The van der Waals surface area contributed by atoms with E-state index in [1.807, 2.05) is 6.07 Å². The topological polar surface area (TPSA) is 60.5 Å². The number of aromatic nitrogens is 1. The molecule has 0 aliphatic heterocycles. The van der Waals surface area contributed by atoms with Crippen LogP contribution in [0.2, 0.25) is 0 Å². The summed E-state index contributed by atoms with van der Waals surface area (Å²) in [6.45, 7) is 0. The van der Waals surface area contributed by atoms with Crippen LogP contribution < -0.4 is 14.8 Å². The first-order valence-electron chi connectivity index (χ1n) is 7.86. The maximum absolute atomic E-state index is 13.5. The van der Waals surface area contributed by atoms with E-state index in [1.165, 1.54) is 18.2 Å². The number of hydrogen-bond donors (Lipinski definition) is 1. The molecule has 0 unspecified atom stereocenters. The third kappa shape index (κ3) is 3.80. The first-order valence-corrected chi connectivity index (χ1v) is 7.86. The van der Waals surface area contributed by atoms with Gasteiger partial charge in [-0.2, -0.15) is 0 Å². The summed E-state index contributed by atoms with van der Waals surface area (Å²) < 4.78 is 23.9. The van der Waals surface area contributed by atoms with E-state index < -0.39 is 0 Å². The number of methoxy groups -OCH3 is 2. The summed E-state index contributed by atoms with van der Waals surface area (Å²) in [6.07, 6.45) is 4.61. The number of nitrogens with zero attached hydrogens (tertiary/aromatic N) is 1. The third-order valence-electron chi connectivity index (χ3n) is 3.80. The zero-order chi connectivity index (χ0) is 18.5. The smallest absolute Gasteiger partial charge is 0.248 e. The third-order valence-corrected chi connectivity index (χ3v) is 3.80. The van der Waals surface area contributed by atoms with Gasteiger partial charge in [0.25, 0.3) is 0 Å². The lowest BCUT2D eigenvalue weighted by atomic mass is 10.1. The number of halogens is 1. The molecule has 0 bridgehead atoms. The number of nitrogens with one attached hydrogen (secondary N) is 1. The quantitative estimate of drug-likeness (QED) is 0.704. The van der Waals surface area contributed by atoms with Crippen LogP contribution in [0.4, 0.5) is 10.1 Å². The summed E-state index contributed by atoms with van der Waals surface area (Å²) in [5.41, 5.74) is 1.88. The Morgan fingerprint density at radius 1 is 1.08 bits per heavy atom. The van der Waals surface area contributed by atoms with Crippen molar-refractivity contribution in [2.45, 2.75) is 0 Å². The zero-order valence-electron chi connectivity index (χ0n) is 14.3. The molecule has 0 atom stereocenters. The highest BCUT2D eigenvalue weighted by atomic mass is 19.1. The van der Waals surface area contributed by atoms with Crippen LogP contribution in [0.1, 0.15) is 5.56 Å². The minimum Gasteiger partial charge on any atom is -0.493 e. The molecule has 0 aliphatic rings. The van der Waals surface area contributed by atoms with Crippen molar-refractivity contribution in [3.8, 4) is 11.5 Å². The van der Waals surface area contributed by atoms with Crippen molar-refractivity contribution >= 4 is 28.6 Å². The molecule has 1 aromatic heterocycles. The predicted octanol–water partition coefficient (Wildman–Crippen LogP) is 4.04. The highest BCUT2D eigenvalue weighted by Crippen LogP contribution is 2.28. The van der Waals surface area contributed by atoms with Crippen LogP contribution in [-0.2, 0) is 4.79 Å². The number of benzene rings is 2. The van der Waals surface area contributed by atoms with Gasteiger partial charge in [-0.25, -0.2) is 4.39 Å². The fourth-order valence-electron chi connectivity index (χ4n) is 2.53. The molecule has 5 nitrogen and oxygen atoms in total. The van der Waals surface area contributed by atoms with E-state index in [-0.39, 0.29) is 11.7 Å². The SMILES string of the molecule is COc1ccc(/C=C/C(=O)Nc2ccnc3ccc(F)cc23)cc1OC. The van der Waals surface area contributed by atoms with Crippen molar-refractivity contribution in [2.75, 3.05) is 19.5 Å². The van der Waals surface area contributed by atoms with E-state index in [4.69, 9.17) is 9.47 Å². The lowest BCUT2D eigenvalue weighted by Gasteiger charge is -2.08. The Hall–Kier alpha value is -3.41. The average molecular weight is 352 g/mol. The molecule has 1 N–H and O–H groups in total. The van der Waals surface area contributed by atoms with Crippen LogP contribution in [0, 0.1) is 5.82 Å². The van der Waals surface area contributed by atoms with Gasteiger partial charge in [0.1, 0.15) is 5.82 Å². The van der Waals surface area contributed by atoms with Crippen molar-refractivity contribution in [3.05, 3.63) is 66.1 Å². The number of pyridine rings is 1. The van der Waals surface area contributed by atoms with Gasteiger partial charge < -0.3 is 14.8 Å². The number of carbonyl (C=O) groups is 1. The van der Waals surface area contributed by atoms with E-state index in [0.29, 0.717) is 28.1 Å². The summed E-state index contributed by atoms with van der Waals surface area (Å²) in [5.74, 6) is 0.462. The molecule has 26 heavy (non-hydrogen) atoms. The maximum atomic E-state index is 13.5. The van der Waals surface area contributed by atoms with Gasteiger partial charge in [-0.1, -0.05) is 6.07 Å². The molecule has 0 radical (unpaired) electrons. The van der Waals surface area contributed by atoms with E-state index in [2.05, 4.69) is 10.3 Å². The Labute approximate surface area is 150 Å². The van der Waals surface area contributed by atoms with Gasteiger partial charge in [-0.15, -0.1) is 0 Å². The van der Waals surface area contributed by atoms with E-state index in [0.717, 1.165) is 5.56 Å². The van der Waals surface area contributed by atoms with Crippen molar-refractivity contribution < 1.29 is 18.7 Å². The lowest BCUT2D eigenvalue weighted by molar-refractivity contribution is -0.111. The molecular formula is C20H17FN2O3. The van der Waals surface area contributed by atoms with Crippen molar-refractivity contribution in [3.63, 3.8) is 0 Å². The first kappa shape index (κ1) is 17.4. The lowest BCUT2D eigenvalue weighted by Crippen LogP contribution is -2.08. The normalized spacial score (nSPS) is 10.9. The molecule has 0 aliphatic carbocycles. The summed E-state index contributed by atoms with van der Waals surface area (Å²) >= 11 is 0. The highest BCUT2D eigenvalue weighted by molar-refractivity contribution is 6.06. The monoisotopic (exact) mass is 352 g/mol. The van der Waals surface area contributed by atoms with Gasteiger partial charge in [-0.05, 0) is 48.0 Å². The molecule has 132 valence electrons. The molecule has 0 saturated heterocycles. The van der Waals surface area contributed by atoms with E-state index in [9.17, 15) is 9.18 Å². The second-order valence-electron chi connectivity index (χ2n) is 5.46. The Balaban J connectivity index is 1.79. The standard InChI is InChI=1S/C20H17FN2O3/c1-25-18-7-3-13(11-19(18)26-2)4-8-20(24)23-17-9-10-22-16-6-5-14(21)12-15(16)17/h3-12H,1-2H3,(H,22,23,24)/b8-4+. The molecule has 2 aromatic carbocycles. The first-order chi connectivity index (χ1) is 12.6. The van der Waals surface area contributed by atoms with Gasteiger partial charge in [0.2, 0.25) is 5.91 Å². The molecule has 0 fully saturated rings. The minimum atomic E-state index is -0.387. The fraction of sp³-hybridized carbons (Fsp3) is 0.100. The number of anilines is 1. The summed E-state index contributed by atoms with van der Waals surface area (Å²) in [4.78, 5) is 16.4. The molecular weight excluding hydrogens is 335 g/mol. The van der Waals surface area contributed by atoms with Crippen molar-refractivity contribution in [2.24, 2.45) is 0 Å². The number of hydrogen-bond acceptors (Lipinski definition) is 4. The molecule has 0 spiro atoms. The molecule has 3 aromatic rings. The number of ether oxygens (including phenoxy) is 2. The average Bonchev–Trinajstić information content (AvgIpc) is 2.66. The molecule has 3 rings (SSSR count). The maximum Gasteiger partial charge on any atom is 0.248 e. The molecule has 1 amide bonds. The van der Waals surface area contributed by atoms with Crippen LogP contribution in [0.15, 0.2) is 54.7 Å². The Morgan fingerprint density at radius 3 is 2.65 bits per heavy atom. The summed E-state index contributed by atoms with van der Waals surface area (Å²) in [5, 5.41) is 3.29. The van der Waals surface area contributed by atoms with Crippen LogP contribution >= 0.6 is 0 Å². The van der Waals surface area contributed by atoms with Gasteiger partial charge in [0.05, 0.1) is 25.4 Å². The van der Waals surface area contributed by atoms with Crippen LogP contribution in [0.5, 0.6) is 11.5 Å². The number of amides is 1. The number of fused-ring (bicyclic) bond motifs is 1. The summed E-state index contributed by atoms with van der Waals surface area (Å²) in [6, 6.07) is 11.2. The van der Waals surface area contributed by atoms with Crippen LogP contribution in [0.3, 0.4) is 0 Å². The highest BCUT2D eigenvalue weighted by Gasteiger charge is 2.06.